The van der Waals surface area contributed by atoms with Crippen molar-refractivity contribution in [3.05, 3.63) is 70.0 Å². The van der Waals surface area contributed by atoms with Crippen molar-refractivity contribution in [1.82, 2.24) is 41.6 Å². The standard InChI is InChI=1S/C97H148N12O37/c1-43(2)63(85(130)104-51(16-12-32-102-92(100)133)84(129)103-47-24-20-45-22-26-61-94(4,49(45)34-47)28-14-30-96(61,6)91(132)106-90(131)95(5)29-13-27-93(3)48-33-46(98)23-19-44(48)21-25-60(93)95)105-83(128)50(99)15-10-11-31-101-62(115)41-134-53-18-9-7-8-17-52-64(53)107-108-109(52)35-54-76-73(124)81(126)97(145-54)82(127)74(125)77(55(36-110)135-42-136-75-56(37-111)137-86(141-76)69(120)65(75)116)142-87-70(121)66(117)78(57(38-112)138-87)143-88-71(122)67(118)79(58(39-113)139-88)144-89-72(123)68(119)80(146-97)59(40-114)140-89/h19-20,23-24,33-34,43,50-51,53-61,63,65-82,86-89,110-114,116-127H,7-18,21-22,25-32,35-42,98-99H2,1-6H3,(H,101,115)(H,103,129)(H,104,130)(H,105,128)(H3,100,102,133)(H,106,131,132). The number of carbonyl (C=O) groups is 7. The Bertz CT molecular complexity index is 4980. The van der Waals surface area contributed by atoms with Gasteiger partial charge >= 0.3 is 6.03 Å². The number of aliphatic hydroxyl groups excluding tert-OH is 17. The molecule has 1 spiro atoms. The van der Waals surface area contributed by atoms with E-state index >= 15 is 4.79 Å². The maximum Gasteiger partial charge on any atom is 0.312 e. The lowest BCUT2D eigenvalue weighted by atomic mass is 9.49. The first kappa shape index (κ1) is 113. The summed E-state index contributed by atoms with van der Waals surface area (Å²) in [5.41, 5.74) is 21.7. The van der Waals surface area contributed by atoms with E-state index in [1.807, 2.05) is 32.0 Å². The Labute approximate surface area is 842 Å². The number of amides is 8. The summed E-state index contributed by atoms with van der Waals surface area (Å²) in [5.74, 6) is -7.45. The Hall–Kier alpha value is -7.57. The van der Waals surface area contributed by atoms with Gasteiger partial charge in [-0.3, -0.25) is 34.1 Å². The minimum absolute atomic E-state index is 0.0104. The highest BCUT2D eigenvalue weighted by molar-refractivity contribution is 6.01. The average molecular weight is 2070 g/mol. The highest BCUT2D eigenvalue weighted by Gasteiger charge is 2.68. The summed E-state index contributed by atoms with van der Waals surface area (Å²) in [6.45, 7) is 3.71. The van der Waals surface area contributed by atoms with Gasteiger partial charge < -0.3 is 192 Å². The SMILES string of the molecule is CC(C)C(NC(=O)C(N)CCCCNC(=O)COC1CCCCCc2c1nnn2CC1OC23OC4C(CO)OC(OC5C(CO)OC(OC6C(CO)OC(OC(C(CO)OCOC7C(CO)OC(OC1C(O)C2O)C(O)C7O)C(O)C3O)C(O)C6O)C(O)C5O)C(O)C4O)C(=O)NC(CCCNC(N)=O)C(=O)Nc1ccc2c(c1)C1(C)CCCC(C)(C(=O)NC(=O)C3(C)CCCC4(C)c5cc(N)ccc5CCC34)C1CC2. The molecule has 22 rings (SSSR count). The lowest BCUT2D eigenvalue weighted by Crippen LogP contribution is -2.76. The molecule has 11 bridgehead atoms. The van der Waals surface area contributed by atoms with Crippen molar-refractivity contribution in [3.8, 4) is 0 Å². The minimum Gasteiger partial charge on any atom is -0.399 e. The maximum absolute atomic E-state index is 15.1. The molecule has 8 amide bonds. The molecule has 0 radical (unpaired) electrons. The van der Waals surface area contributed by atoms with E-state index in [0.29, 0.717) is 69.2 Å². The Morgan fingerprint density at radius 1 is 0.500 bits per heavy atom. The van der Waals surface area contributed by atoms with Gasteiger partial charge in [0.25, 0.3) is 0 Å². The van der Waals surface area contributed by atoms with Gasteiger partial charge in [-0.15, -0.1) is 5.10 Å². The first-order valence-corrected chi connectivity index (χ1v) is 50.9. The number of ether oxygens (including phenoxy) is 13. The molecule has 49 nitrogen and oxygen atoms in total. The number of nitrogens with two attached hydrogens (primary N) is 3. The number of hydrogen-bond acceptors (Lipinski definition) is 41. The predicted molar refractivity (Wildman–Crippen MR) is 501 cm³/mol. The molecule has 39 unspecified atom stereocenters. The van der Waals surface area contributed by atoms with Gasteiger partial charge in [0.1, 0.15) is 184 Å². The van der Waals surface area contributed by atoms with Crippen molar-refractivity contribution < 1.29 is 182 Å². The van der Waals surface area contributed by atoms with Crippen molar-refractivity contribution in [2.24, 2.45) is 40.1 Å². The molecule has 29 N–H and O–H groups in total. The Morgan fingerprint density at radius 2 is 1.00 bits per heavy atom. The lowest BCUT2D eigenvalue weighted by molar-refractivity contribution is -0.445. The summed E-state index contributed by atoms with van der Waals surface area (Å²) in [6.07, 6.45) is -53.8. The average Bonchev–Trinajstić information content (AvgIpc) is 0.814. The van der Waals surface area contributed by atoms with Crippen LogP contribution in [0.15, 0.2) is 36.4 Å². The fraction of sp³-hybridized carbons (Fsp3) is 0.784. The molecule has 3 aromatic rings. The molecule has 15 heterocycles. The second-order valence-corrected chi connectivity index (χ2v) is 42.5. The molecule has 146 heavy (non-hydrogen) atoms. The maximum atomic E-state index is 15.1. The van der Waals surface area contributed by atoms with Crippen LogP contribution in [0, 0.1) is 28.6 Å². The second-order valence-electron chi connectivity index (χ2n) is 42.5. The number of unbranched alkanes of at least 4 members (excludes halogenated alkanes) is 1. The summed E-state index contributed by atoms with van der Waals surface area (Å²) < 4.78 is 80.3. The van der Waals surface area contributed by atoms with E-state index in [4.69, 9.17) is 78.8 Å². The molecular weight excluding hydrogens is 1930 g/mol. The van der Waals surface area contributed by atoms with Crippen LogP contribution in [0.1, 0.15) is 190 Å². The number of nitrogens with one attached hydrogen (secondary N) is 6. The number of rotatable bonds is 28. The summed E-state index contributed by atoms with van der Waals surface area (Å²) in [4.78, 5) is 98.8. The molecule has 2 saturated carbocycles. The van der Waals surface area contributed by atoms with Crippen LogP contribution in [0.3, 0.4) is 0 Å². The number of hydrogen-bond donors (Lipinski definition) is 26. The monoisotopic (exact) mass is 2070 g/mol. The molecule has 1 aromatic heterocycles. The van der Waals surface area contributed by atoms with E-state index < -0.39 is 306 Å². The van der Waals surface area contributed by atoms with Gasteiger partial charge in [0.05, 0.1) is 62.1 Å². The second kappa shape index (κ2) is 47.3. The van der Waals surface area contributed by atoms with E-state index in [1.54, 1.807) is 19.9 Å². The first-order chi connectivity index (χ1) is 69.5. The van der Waals surface area contributed by atoms with Gasteiger partial charge in [-0.2, -0.15) is 0 Å². The molecule has 19 aliphatic rings. The lowest BCUT2D eigenvalue weighted by Gasteiger charge is -2.56. The Kier molecular flexibility index (Phi) is 36.5. The van der Waals surface area contributed by atoms with Gasteiger partial charge in [0.2, 0.25) is 41.2 Å². The minimum atomic E-state index is -3.63. The zero-order valence-corrected chi connectivity index (χ0v) is 82.7. The summed E-state index contributed by atoms with van der Waals surface area (Å²) in [5, 5.41) is 228. The molecular formula is C97H148N12O37. The van der Waals surface area contributed by atoms with Crippen LogP contribution in [-0.2, 0) is 127 Å². The normalized spacial score (nSPS) is 40.0. The summed E-state index contributed by atoms with van der Waals surface area (Å²) >= 11 is 0. The molecule has 16 fully saturated rings. The van der Waals surface area contributed by atoms with E-state index in [-0.39, 0.29) is 92.1 Å². The van der Waals surface area contributed by atoms with Crippen molar-refractivity contribution in [3.63, 3.8) is 0 Å². The van der Waals surface area contributed by atoms with Crippen LogP contribution >= 0.6 is 0 Å². The number of fused-ring (bicyclic) bond motifs is 8. The van der Waals surface area contributed by atoms with Gasteiger partial charge in [-0.05, 0) is 178 Å². The third kappa shape index (κ3) is 22.8. The highest BCUT2D eigenvalue weighted by atomic mass is 16.8. The van der Waals surface area contributed by atoms with Crippen LogP contribution in [0.2, 0.25) is 0 Å². The Balaban J connectivity index is 0.603. The van der Waals surface area contributed by atoms with Crippen molar-refractivity contribution in [1.29, 1.82) is 0 Å². The number of urea groups is 1. The largest absolute Gasteiger partial charge is 0.399 e. The Morgan fingerprint density at radius 3 is 1.54 bits per heavy atom. The fourth-order valence-corrected chi connectivity index (χ4v) is 24.5. The van der Waals surface area contributed by atoms with Crippen LogP contribution < -0.4 is 49.1 Å². The van der Waals surface area contributed by atoms with Gasteiger partial charge in [-0.1, -0.05) is 84.6 Å². The van der Waals surface area contributed by atoms with Crippen LogP contribution in [0.5, 0.6) is 0 Å². The molecule has 39 atom stereocenters. The number of nitrogen functional groups attached to an aromatic ring is 1. The number of imide groups is 1. The quantitative estimate of drug-likeness (QED) is 0.0183. The third-order valence-electron chi connectivity index (χ3n) is 32.7. The molecule has 5 aliphatic carbocycles. The number of primary amides is 1. The fourth-order valence-electron chi connectivity index (χ4n) is 24.5. The molecule has 49 heteroatoms. The zero-order chi connectivity index (χ0) is 105. The smallest absolute Gasteiger partial charge is 0.312 e. The molecule has 14 saturated heterocycles. The number of benzene rings is 2. The van der Waals surface area contributed by atoms with Crippen molar-refractivity contribution >= 4 is 52.8 Å². The van der Waals surface area contributed by atoms with Gasteiger partial charge in [0.15, 0.2) is 25.2 Å². The molecule has 2 aromatic carbocycles. The van der Waals surface area contributed by atoms with Crippen molar-refractivity contribution in [2.45, 2.75) is 389 Å². The van der Waals surface area contributed by atoms with E-state index in [2.05, 4.69) is 68.2 Å². The van der Waals surface area contributed by atoms with Crippen molar-refractivity contribution in [2.75, 3.05) is 70.6 Å². The third-order valence-corrected chi connectivity index (χ3v) is 32.7. The number of carbonyl (C=O) groups excluding carboxylic acids is 7. The summed E-state index contributed by atoms with van der Waals surface area (Å²) in [7, 11) is 0. The van der Waals surface area contributed by atoms with Gasteiger partial charge in [-0.25, -0.2) is 9.48 Å². The number of anilines is 2. The van der Waals surface area contributed by atoms with Gasteiger partial charge in [0, 0.05) is 24.5 Å². The number of aryl methyl sites for hydroxylation is 2. The number of aromatic nitrogens is 3. The van der Waals surface area contributed by atoms with Crippen LogP contribution in [0.4, 0.5) is 16.2 Å². The molecule has 14 aliphatic heterocycles. The zero-order valence-electron chi connectivity index (χ0n) is 82.7. The number of nitrogens with zero attached hydrogens (tertiary/aromatic N) is 3. The predicted octanol–water partition coefficient (Wildman–Crippen LogP) is -6.31. The molecule has 818 valence electrons. The van der Waals surface area contributed by atoms with Crippen LogP contribution in [-0.4, -0.2) is 398 Å². The number of aliphatic hydroxyl groups is 17. The first-order valence-electron chi connectivity index (χ1n) is 50.9. The highest BCUT2D eigenvalue weighted by Crippen LogP contribution is 2.61. The van der Waals surface area contributed by atoms with E-state index in [9.17, 15) is 116 Å². The summed E-state index contributed by atoms with van der Waals surface area (Å²) in [6, 6.07) is 7.42. The van der Waals surface area contributed by atoms with E-state index in [1.165, 1.54) is 15.8 Å². The van der Waals surface area contributed by atoms with Crippen LogP contribution in [0.25, 0.3) is 0 Å². The van der Waals surface area contributed by atoms with E-state index in [0.717, 1.165) is 43.2 Å². The topological polar surface area (TPSA) is 764 Å².